The molecule has 4 rings (SSSR count). The summed E-state index contributed by atoms with van der Waals surface area (Å²) in [4.78, 5) is 27.7. The summed E-state index contributed by atoms with van der Waals surface area (Å²) in [5.74, 6) is 0.666. The predicted octanol–water partition coefficient (Wildman–Crippen LogP) is 3.26. The summed E-state index contributed by atoms with van der Waals surface area (Å²) in [5, 5.41) is 6.89. The number of carbonyl (C=O) groups excluding carboxylic acids is 1. The Morgan fingerprint density at radius 2 is 1.86 bits per heavy atom. The largest absolute Gasteiger partial charge is 0.494 e. The molecule has 0 unspecified atom stereocenters. The molecule has 0 spiro atoms. The van der Waals surface area contributed by atoms with E-state index in [2.05, 4.69) is 20.2 Å². The number of hydrogen-bond donors (Lipinski definition) is 3. The van der Waals surface area contributed by atoms with Crippen molar-refractivity contribution in [2.45, 2.75) is 32.2 Å². The first kappa shape index (κ1) is 24.0. The topological polar surface area (TPSA) is 143 Å². The first-order valence-electron chi connectivity index (χ1n) is 10.8. The number of pyridine rings is 1. The molecule has 0 atom stereocenters. The number of H-pyrrole nitrogens is 1. The Hall–Kier alpha value is -4.12. The number of amides is 1. The minimum Gasteiger partial charge on any atom is -0.494 e. The fraction of sp³-hybridized carbons (Fsp3) is 0.208. The fourth-order valence-electron chi connectivity index (χ4n) is 3.61. The Bertz CT molecular complexity index is 1540. The van der Waals surface area contributed by atoms with Crippen LogP contribution in [0.15, 0.2) is 62.7 Å². The van der Waals surface area contributed by atoms with Crippen molar-refractivity contribution in [1.29, 1.82) is 0 Å². The van der Waals surface area contributed by atoms with Gasteiger partial charge in [-0.25, -0.2) is 8.42 Å². The van der Waals surface area contributed by atoms with Gasteiger partial charge in [-0.15, -0.1) is 0 Å². The Morgan fingerprint density at radius 1 is 1.11 bits per heavy atom. The second-order valence-electron chi connectivity index (χ2n) is 7.80. The van der Waals surface area contributed by atoms with Crippen LogP contribution in [0.5, 0.6) is 5.75 Å². The van der Waals surface area contributed by atoms with E-state index in [4.69, 9.17) is 9.26 Å². The Kier molecular flexibility index (Phi) is 6.61. The summed E-state index contributed by atoms with van der Waals surface area (Å²) >= 11 is 0. The number of rotatable bonds is 8. The summed E-state index contributed by atoms with van der Waals surface area (Å²) in [5.41, 5.74) is 1.63. The molecule has 1 amide bonds. The maximum absolute atomic E-state index is 13.0. The van der Waals surface area contributed by atoms with Crippen molar-refractivity contribution < 1.29 is 22.5 Å². The number of benzene rings is 2. The number of nitrogens with zero attached hydrogens (tertiary/aromatic N) is 1. The molecule has 35 heavy (non-hydrogen) atoms. The third kappa shape index (κ3) is 5.19. The SMILES string of the molecule is CCOc1ccc(NS(=O)(=O)c2ccc3[nH]c(=O)cc(C(=O)NCc4c(C)noc4C)c3c2)cc1. The highest BCUT2D eigenvalue weighted by Crippen LogP contribution is 2.24. The van der Waals surface area contributed by atoms with Gasteiger partial charge in [-0.2, -0.15) is 0 Å². The number of ether oxygens (including phenoxy) is 1. The van der Waals surface area contributed by atoms with Crippen molar-refractivity contribution in [3.63, 3.8) is 0 Å². The fourth-order valence-corrected chi connectivity index (χ4v) is 4.69. The molecule has 182 valence electrons. The van der Waals surface area contributed by atoms with Crippen molar-refractivity contribution in [3.8, 4) is 5.75 Å². The van der Waals surface area contributed by atoms with Gasteiger partial charge >= 0.3 is 0 Å². The highest BCUT2D eigenvalue weighted by Gasteiger charge is 2.19. The quantitative estimate of drug-likeness (QED) is 0.340. The number of aromatic nitrogens is 2. The van der Waals surface area contributed by atoms with Crippen LogP contribution in [0, 0.1) is 13.8 Å². The number of aryl methyl sites for hydroxylation is 2. The first-order chi connectivity index (χ1) is 16.7. The van der Waals surface area contributed by atoms with Gasteiger partial charge in [-0.1, -0.05) is 5.16 Å². The molecule has 0 aliphatic rings. The van der Waals surface area contributed by atoms with Crippen LogP contribution in [-0.2, 0) is 16.6 Å². The van der Waals surface area contributed by atoms with Crippen LogP contribution >= 0.6 is 0 Å². The number of carbonyl (C=O) groups is 1. The van der Waals surface area contributed by atoms with E-state index in [-0.39, 0.29) is 22.4 Å². The number of sulfonamides is 1. The lowest BCUT2D eigenvalue weighted by Gasteiger charge is -2.12. The monoisotopic (exact) mass is 496 g/mol. The lowest BCUT2D eigenvalue weighted by atomic mass is 10.1. The Morgan fingerprint density at radius 3 is 2.51 bits per heavy atom. The van der Waals surface area contributed by atoms with Crippen LogP contribution in [0.4, 0.5) is 5.69 Å². The molecule has 0 saturated heterocycles. The van der Waals surface area contributed by atoms with E-state index >= 15 is 0 Å². The molecule has 2 aromatic heterocycles. The Labute approximate surface area is 201 Å². The van der Waals surface area contributed by atoms with Crippen molar-refractivity contribution in [1.82, 2.24) is 15.5 Å². The Balaban J connectivity index is 1.64. The molecular weight excluding hydrogens is 472 g/mol. The number of nitrogens with one attached hydrogen (secondary N) is 3. The summed E-state index contributed by atoms with van der Waals surface area (Å²) in [6.07, 6.45) is 0. The maximum atomic E-state index is 13.0. The molecule has 4 aromatic rings. The molecule has 0 saturated carbocycles. The van der Waals surface area contributed by atoms with Crippen LogP contribution in [-0.4, -0.2) is 31.1 Å². The molecule has 2 aromatic carbocycles. The molecule has 0 bridgehead atoms. The zero-order valence-corrected chi connectivity index (χ0v) is 20.2. The number of fused-ring (bicyclic) bond motifs is 1. The number of aromatic amines is 1. The second-order valence-corrected chi connectivity index (χ2v) is 9.49. The summed E-state index contributed by atoms with van der Waals surface area (Å²) < 4.78 is 39.0. The molecule has 0 aliphatic carbocycles. The molecule has 0 aliphatic heterocycles. The van der Waals surface area contributed by atoms with Gasteiger partial charge in [0, 0.05) is 34.8 Å². The molecule has 11 heteroatoms. The van der Waals surface area contributed by atoms with E-state index in [1.165, 1.54) is 18.2 Å². The van der Waals surface area contributed by atoms with Crippen molar-refractivity contribution >= 4 is 32.5 Å². The van der Waals surface area contributed by atoms with Gasteiger partial charge in [-0.05, 0) is 63.2 Å². The molecule has 0 radical (unpaired) electrons. The summed E-state index contributed by atoms with van der Waals surface area (Å²) in [6, 6.07) is 11.8. The van der Waals surface area contributed by atoms with Crippen LogP contribution in [0.3, 0.4) is 0 Å². The van der Waals surface area contributed by atoms with Gasteiger partial charge in [0.25, 0.3) is 15.9 Å². The molecule has 10 nitrogen and oxygen atoms in total. The number of hydrogen-bond acceptors (Lipinski definition) is 7. The zero-order valence-electron chi connectivity index (χ0n) is 19.3. The van der Waals surface area contributed by atoms with E-state index in [0.29, 0.717) is 35.0 Å². The van der Waals surface area contributed by atoms with Crippen LogP contribution < -0.4 is 20.3 Å². The van der Waals surface area contributed by atoms with Gasteiger partial charge in [0.2, 0.25) is 5.56 Å². The van der Waals surface area contributed by atoms with E-state index in [1.807, 2.05) is 6.92 Å². The highest BCUT2D eigenvalue weighted by atomic mass is 32.2. The third-order valence-corrected chi connectivity index (χ3v) is 6.77. The highest BCUT2D eigenvalue weighted by molar-refractivity contribution is 7.92. The molecular formula is C24H24N4O6S. The van der Waals surface area contributed by atoms with Crippen molar-refractivity contribution in [3.05, 3.63) is 81.5 Å². The third-order valence-electron chi connectivity index (χ3n) is 5.39. The van der Waals surface area contributed by atoms with Crippen molar-refractivity contribution in [2.24, 2.45) is 0 Å². The summed E-state index contributed by atoms with van der Waals surface area (Å²) in [6.45, 7) is 5.99. The lowest BCUT2D eigenvalue weighted by molar-refractivity contribution is 0.0952. The standard InChI is InChI=1S/C24H24N4O6S/c1-4-33-17-7-5-16(6-8-17)28-35(31,32)18-9-10-22-19(11-18)20(12-23(29)26-22)24(30)25-13-21-14(2)27-34-15(21)3/h5-12,28H,4,13H2,1-3H3,(H,25,30)(H,26,29). The molecule has 0 fully saturated rings. The van der Waals surface area contributed by atoms with Crippen LogP contribution in [0.25, 0.3) is 10.9 Å². The average molecular weight is 497 g/mol. The van der Waals surface area contributed by atoms with Gasteiger partial charge in [0.1, 0.15) is 11.5 Å². The average Bonchev–Trinajstić information content (AvgIpc) is 3.14. The minimum absolute atomic E-state index is 0.0497. The summed E-state index contributed by atoms with van der Waals surface area (Å²) in [7, 11) is -3.98. The van der Waals surface area contributed by atoms with E-state index in [1.54, 1.807) is 38.1 Å². The van der Waals surface area contributed by atoms with Gasteiger partial charge in [-0.3, -0.25) is 14.3 Å². The van der Waals surface area contributed by atoms with Gasteiger partial charge in [0.05, 0.1) is 22.8 Å². The van der Waals surface area contributed by atoms with E-state index in [9.17, 15) is 18.0 Å². The van der Waals surface area contributed by atoms with E-state index in [0.717, 1.165) is 11.6 Å². The van der Waals surface area contributed by atoms with Gasteiger partial charge in [0.15, 0.2) is 0 Å². The molecule has 2 heterocycles. The van der Waals surface area contributed by atoms with E-state index < -0.39 is 21.5 Å². The van der Waals surface area contributed by atoms with Crippen LogP contribution in [0.2, 0.25) is 0 Å². The number of anilines is 1. The minimum atomic E-state index is -3.98. The smallest absolute Gasteiger partial charge is 0.261 e. The first-order valence-corrected chi connectivity index (χ1v) is 12.3. The van der Waals surface area contributed by atoms with Gasteiger partial charge < -0.3 is 19.6 Å². The van der Waals surface area contributed by atoms with Crippen molar-refractivity contribution in [2.75, 3.05) is 11.3 Å². The zero-order chi connectivity index (χ0) is 25.2. The normalized spacial score (nSPS) is 11.4. The predicted molar refractivity (Wildman–Crippen MR) is 130 cm³/mol. The van der Waals surface area contributed by atoms with Crippen LogP contribution in [0.1, 0.15) is 34.3 Å². The molecule has 3 N–H and O–H groups in total. The second kappa shape index (κ2) is 9.63. The maximum Gasteiger partial charge on any atom is 0.261 e. The lowest BCUT2D eigenvalue weighted by Crippen LogP contribution is -2.25.